The minimum absolute atomic E-state index is 0.0774. The van der Waals surface area contributed by atoms with E-state index in [0.29, 0.717) is 33.4 Å². The lowest BCUT2D eigenvalue weighted by atomic mass is 10.0. The highest BCUT2D eigenvalue weighted by Gasteiger charge is 2.18. The number of aromatic nitrogens is 1. The van der Waals surface area contributed by atoms with Crippen LogP contribution in [-0.4, -0.2) is 27.6 Å². The first-order valence-corrected chi connectivity index (χ1v) is 10.6. The second-order valence-corrected chi connectivity index (χ2v) is 7.92. The Morgan fingerprint density at radius 3 is 2.34 bits per heavy atom. The molecule has 0 aliphatic rings. The molecule has 0 fully saturated rings. The molecule has 4 rings (SSSR count). The van der Waals surface area contributed by atoms with Gasteiger partial charge in [-0.3, -0.25) is 25.0 Å². The molecule has 0 aliphatic heterocycles. The molecular formula is C26H20N4O5. The predicted molar refractivity (Wildman–Crippen MR) is 132 cm³/mol. The maximum atomic E-state index is 13.2. The number of rotatable bonds is 5. The summed E-state index contributed by atoms with van der Waals surface area (Å²) in [7, 11) is 0. The number of hydrogen-bond acceptors (Lipinski definition) is 6. The molecule has 0 aliphatic carbocycles. The molecule has 9 heteroatoms. The van der Waals surface area contributed by atoms with Crippen molar-refractivity contribution in [1.82, 2.24) is 10.3 Å². The number of hydrogen-bond donors (Lipinski definition) is 2. The van der Waals surface area contributed by atoms with E-state index in [1.807, 2.05) is 13.0 Å². The van der Waals surface area contributed by atoms with Crippen molar-refractivity contribution >= 4 is 40.0 Å². The number of carbonyl (C=O) groups excluding carboxylic acids is 3. The first kappa shape index (κ1) is 23.2. The number of amides is 3. The number of fused-ring (bicyclic) bond motifs is 1. The van der Waals surface area contributed by atoms with Crippen molar-refractivity contribution in [2.75, 3.05) is 5.32 Å². The van der Waals surface area contributed by atoms with Crippen LogP contribution in [0.15, 0.2) is 72.8 Å². The van der Waals surface area contributed by atoms with Gasteiger partial charge in [-0.1, -0.05) is 12.1 Å². The molecular weight excluding hydrogens is 448 g/mol. The Morgan fingerprint density at radius 2 is 1.69 bits per heavy atom. The van der Waals surface area contributed by atoms with Gasteiger partial charge in [-0.2, -0.15) is 0 Å². The van der Waals surface area contributed by atoms with Gasteiger partial charge in [-0.05, 0) is 67.9 Å². The molecule has 0 saturated carbocycles. The number of imide groups is 1. The van der Waals surface area contributed by atoms with Crippen molar-refractivity contribution in [3.05, 3.63) is 99.6 Å². The van der Waals surface area contributed by atoms with Crippen LogP contribution in [0.5, 0.6) is 0 Å². The van der Waals surface area contributed by atoms with Crippen molar-refractivity contribution in [3.63, 3.8) is 0 Å². The van der Waals surface area contributed by atoms with Crippen LogP contribution in [0, 0.1) is 17.0 Å². The van der Waals surface area contributed by atoms with E-state index < -0.39 is 16.9 Å². The van der Waals surface area contributed by atoms with E-state index in [1.165, 1.54) is 37.3 Å². The van der Waals surface area contributed by atoms with E-state index in [1.54, 1.807) is 36.4 Å². The zero-order valence-corrected chi connectivity index (χ0v) is 18.9. The highest BCUT2D eigenvalue weighted by molar-refractivity contribution is 6.15. The van der Waals surface area contributed by atoms with E-state index in [0.717, 1.165) is 5.56 Å². The average molecular weight is 468 g/mol. The molecule has 0 spiro atoms. The molecule has 2 N–H and O–H groups in total. The van der Waals surface area contributed by atoms with Gasteiger partial charge in [0.05, 0.1) is 21.7 Å². The first-order chi connectivity index (χ1) is 16.7. The molecule has 1 heterocycles. The Balaban J connectivity index is 1.73. The standard InChI is InChI=1S/C26H20N4O5/c1-15-4-3-5-19(12-15)27-26(33)29-25(32)22-14-24(17-6-9-20(10-7-17)30(34)35)28-23-11-8-18(16(2)31)13-21(22)23/h3-14H,1-2H3,(H2,27,29,32,33). The number of non-ortho nitro benzene ring substituents is 1. The quantitative estimate of drug-likeness (QED) is 0.233. The molecule has 0 atom stereocenters. The van der Waals surface area contributed by atoms with Crippen LogP contribution < -0.4 is 10.6 Å². The van der Waals surface area contributed by atoms with Crippen LogP contribution in [0.25, 0.3) is 22.2 Å². The summed E-state index contributed by atoms with van der Waals surface area (Å²) in [6.07, 6.45) is 0. The molecule has 4 aromatic rings. The summed E-state index contributed by atoms with van der Waals surface area (Å²) in [5.74, 6) is -0.874. The second-order valence-electron chi connectivity index (χ2n) is 7.92. The summed E-state index contributed by atoms with van der Waals surface area (Å²) in [4.78, 5) is 52.6. The first-order valence-electron chi connectivity index (χ1n) is 10.6. The van der Waals surface area contributed by atoms with Gasteiger partial charge in [-0.15, -0.1) is 0 Å². The SMILES string of the molecule is CC(=O)c1ccc2nc(-c3ccc([N+](=O)[O-])cc3)cc(C(=O)NC(=O)Nc3cccc(C)c3)c2c1. The van der Waals surface area contributed by atoms with Gasteiger partial charge < -0.3 is 5.32 Å². The third-order valence-electron chi connectivity index (χ3n) is 5.34. The Morgan fingerprint density at radius 1 is 0.943 bits per heavy atom. The summed E-state index contributed by atoms with van der Waals surface area (Å²) in [5.41, 5.74) is 3.27. The fraction of sp³-hybridized carbons (Fsp3) is 0.0769. The average Bonchev–Trinajstić information content (AvgIpc) is 2.82. The van der Waals surface area contributed by atoms with Crippen LogP contribution in [0.1, 0.15) is 33.2 Å². The minimum Gasteiger partial charge on any atom is -0.308 e. The Bertz CT molecular complexity index is 1500. The largest absolute Gasteiger partial charge is 0.326 e. The molecule has 174 valence electrons. The monoisotopic (exact) mass is 468 g/mol. The minimum atomic E-state index is -0.717. The lowest BCUT2D eigenvalue weighted by Gasteiger charge is -2.12. The van der Waals surface area contributed by atoms with Gasteiger partial charge in [0, 0.05) is 34.3 Å². The Hall–Kier alpha value is -4.92. The summed E-state index contributed by atoms with van der Waals surface area (Å²) in [6.45, 7) is 3.29. The van der Waals surface area contributed by atoms with Crippen molar-refractivity contribution in [3.8, 4) is 11.3 Å². The second kappa shape index (κ2) is 9.52. The predicted octanol–water partition coefficient (Wildman–Crippen LogP) is 5.28. The number of pyridine rings is 1. The van der Waals surface area contributed by atoms with Crippen LogP contribution in [0.2, 0.25) is 0 Å². The van der Waals surface area contributed by atoms with Crippen LogP contribution >= 0.6 is 0 Å². The summed E-state index contributed by atoms with van der Waals surface area (Å²) in [5, 5.41) is 16.3. The fourth-order valence-electron chi connectivity index (χ4n) is 3.59. The molecule has 9 nitrogen and oxygen atoms in total. The third-order valence-corrected chi connectivity index (χ3v) is 5.34. The molecule has 1 aromatic heterocycles. The van der Waals surface area contributed by atoms with Crippen molar-refractivity contribution in [2.24, 2.45) is 0 Å². The van der Waals surface area contributed by atoms with E-state index in [-0.39, 0.29) is 17.0 Å². The number of benzene rings is 3. The number of nitrogens with zero attached hydrogens (tertiary/aromatic N) is 2. The lowest BCUT2D eigenvalue weighted by molar-refractivity contribution is -0.384. The van der Waals surface area contributed by atoms with Crippen molar-refractivity contribution in [1.29, 1.82) is 0 Å². The maximum absolute atomic E-state index is 13.2. The molecule has 3 amide bonds. The number of nitrogens with one attached hydrogen (secondary N) is 2. The zero-order chi connectivity index (χ0) is 25.1. The normalized spacial score (nSPS) is 10.6. The lowest BCUT2D eigenvalue weighted by Crippen LogP contribution is -2.34. The number of urea groups is 1. The number of aryl methyl sites for hydroxylation is 1. The van der Waals surface area contributed by atoms with Crippen LogP contribution in [0.3, 0.4) is 0 Å². The molecule has 35 heavy (non-hydrogen) atoms. The van der Waals surface area contributed by atoms with Gasteiger partial charge in [0.1, 0.15) is 0 Å². The summed E-state index contributed by atoms with van der Waals surface area (Å²) in [6, 6.07) is 18.4. The highest BCUT2D eigenvalue weighted by Crippen LogP contribution is 2.27. The third kappa shape index (κ3) is 5.19. The maximum Gasteiger partial charge on any atom is 0.326 e. The summed E-state index contributed by atoms with van der Waals surface area (Å²) < 4.78 is 0. The number of Topliss-reactive ketones (excluding diaryl/α,β-unsaturated/α-hetero) is 1. The van der Waals surface area contributed by atoms with Gasteiger partial charge in [0.25, 0.3) is 11.6 Å². The van der Waals surface area contributed by atoms with E-state index in [9.17, 15) is 24.5 Å². The molecule has 0 unspecified atom stereocenters. The number of nitro groups is 1. The number of ketones is 1. The molecule has 3 aromatic carbocycles. The smallest absolute Gasteiger partial charge is 0.308 e. The van der Waals surface area contributed by atoms with Gasteiger partial charge in [0.2, 0.25) is 0 Å². The fourth-order valence-corrected chi connectivity index (χ4v) is 3.59. The van der Waals surface area contributed by atoms with Crippen molar-refractivity contribution < 1.29 is 19.3 Å². The molecule has 0 saturated heterocycles. The van der Waals surface area contributed by atoms with E-state index >= 15 is 0 Å². The van der Waals surface area contributed by atoms with Crippen LogP contribution in [0.4, 0.5) is 16.2 Å². The van der Waals surface area contributed by atoms with E-state index in [2.05, 4.69) is 15.6 Å². The Labute approximate surface area is 200 Å². The van der Waals surface area contributed by atoms with Gasteiger partial charge >= 0.3 is 6.03 Å². The van der Waals surface area contributed by atoms with Crippen LogP contribution in [-0.2, 0) is 0 Å². The van der Waals surface area contributed by atoms with Gasteiger partial charge in [0.15, 0.2) is 5.78 Å². The van der Waals surface area contributed by atoms with E-state index in [4.69, 9.17) is 0 Å². The zero-order valence-electron chi connectivity index (χ0n) is 18.9. The Kier molecular flexibility index (Phi) is 6.32. The summed E-state index contributed by atoms with van der Waals surface area (Å²) >= 11 is 0. The highest BCUT2D eigenvalue weighted by atomic mass is 16.6. The molecule has 0 radical (unpaired) electrons. The molecule has 0 bridgehead atoms. The van der Waals surface area contributed by atoms with Crippen molar-refractivity contribution in [2.45, 2.75) is 13.8 Å². The number of carbonyl (C=O) groups is 3. The number of anilines is 1. The van der Waals surface area contributed by atoms with Gasteiger partial charge in [-0.25, -0.2) is 9.78 Å². The number of nitro benzene ring substituents is 1. The topological polar surface area (TPSA) is 131 Å².